The first-order chi connectivity index (χ1) is 9.58. The molecule has 0 bridgehead atoms. The van der Waals surface area contributed by atoms with Crippen LogP contribution in [0.3, 0.4) is 0 Å². The van der Waals surface area contributed by atoms with E-state index in [4.69, 9.17) is 4.74 Å². The average Bonchev–Trinajstić information content (AvgIpc) is 2.83. The SMILES string of the molecule is CCCCOC(=O)N[C@@H](C[C@@H]1CCNC1=O)C(=O)CBr. The minimum atomic E-state index is -0.683. The van der Waals surface area contributed by atoms with E-state index in [9.17, 15) is 14.4 Å². The fourth-order valence-electron chi connectivity index (χ4n) is 2.01. The van der Waals surface area contributed by atoms with Gasteiger partial charge in [0.15, 0.2) is 5.78 Å². The van der Waals surface area contributed by atoms with Crippen molar-refractivity contribution < 1.29 is 19.1 Å². The van der Waals surface area contributed by atoms with E-state index in [2.05, 4.69) is 26.6 Å². The van der Waals surface area contributed by atoms with Crippen LogP contribution < -0.4 is 10.6 Å². The number of ether oxygens (including phenoxy) is 1. The lowest BCUT2D eigenvalue weighted by Crippen LogP contribution is -2.43. The van der Waals surface area contributed by atoms with Gasteiger partial charge in [-0.2, -0.15) is 0 Å². The molecule has 6 nitrogen and oxygen atoms in total. The Hall–Kier alpha value is -1.11. The Bertz CT molecular complexity index is 362. The topological polar surface area (TPSA) is 84.5 Å². The monoisotopic (exact) mass is 348 g/mol. The number of nitrogens with one attached hydrogen (secondary N) is 2. The van der Waals surface area contributed by atoms with E-state index in [1.807, 2.05) is 6.92 Å². The molecule has 0 aromatic rings. The number of amides is 2. The summed E-state index contributed by atoms with van der Waals surface area (Å²) < 4.78 is 4.98. The maximum absolute atomic E-state index is 11.8. The zero-order chi connectivity index (χ0) is 15.0. The fraction of sp³-hybridized carbons (Fsp3) is 0.769. The Labute approximate surface area is 127 Å². The lowest BCUT2D eigenvalue weighted by atomic mass is 9.96. The van der Waals surface area contributed by atoms with E-state index in [1.54, 1.807) is 0 Å². The lowest BCUT2D eigenvalue weighted by molar-refractivity contribution is -0.123. The maximum atomic E-state index is 11.8. The van der Waals surface area contributed by atoms with Crippen LogP contribution in [0.1, 0.15) is 32.6 Å². The van der Waals surface area contributed by atoms with Crippen LogP contribution in [-0.4, -0.2) is 42.3 Å². The summed E-state index contributed by atoms with van der Waals surface area (Å²) >= 11 is 3.09. The van der Waals surface area contributed by atoms with Gasteiger partial charge >= 0.3 is 6.09 Å². The molecular weight excluding hydrogens is 328 g/mol. The molecule has 1 aliphatic heterocycles. The lowest BCUT2D eigenvalue weighted by Gasteiger charge is -2.18. The second-order valence-electron chi connectivity index (χ2n) is 4.80. The van der Waals surface area contributed by atoms with E-state index >= 15 is 0 Å². The van der Waals surface area contributed by atoms with Crippen LogP contribution in [0, 0.1) is 5.92 Å². The van der Waals surface area contributed by atoms with E-state index in [1.165, 1.54) is 0 Å². The zero-order valence-corrected chi connectivity index (χ0v) is 13.2. The van der Waals surface area contributed by atoms with Crippen molar-refractivity contribution in [2.75, 3.05) is 18.5 Å². The van der Waals surface area contributed by atoms with E-state index in [0.717, 1.165) is 12.8 Å². The zero-order valence-electron chi connectivity index (χ0n) is 11.6. The minimum absolute atomic E-state index is 0.0569. The van der Waals surface area contributed by atoms with Gasteiger partial charge in [-0.1, -0.05) is 29.3 Å². The Kier molecular flexibility index (Phi) is 7.58. The first-order valence-electron chi connectivity index (χ1n) is 6.88. The Morgan fingerprint density at radius 1 is 1.55 bits per heavy atom. The highest BCUT2D eigenvalue weighted by Crippen LogP contribution is 2.17. The molecule has 0 spiro atoms. The molecule has 1 saturated heterocycles. The van der Waals surface area contributed by atoms with Crippen LogP contribution >= 0.6 is 15.9 Å². The molecule has 1 rings (SSSR count). The number of rotatable bonds is 8. The molecule has 0 aliphatic carbocycles. The number of carbonyl (C=O) groups excluding carboxylic acids is 3. The van der Waals surface area contributed by atoms with Crippen LogP contribution in [-0.2, 0) is 14.3 Å². The molecule has 0 unspecified atom stereocenters. The predicted octanol–water partition coefficient (Wildman–Crippen LogP) is 1.37. The summed E-state index contributed by atoms with van der Waals surface area (Å²) in [5, 5.41) is 5.41. The maximum Gasteiger partial charge on any atom is 0.407 e. The van der Waals surface area contributed by atoms with Crippen molar-refractivity contribution in [3.05, 3.63) is 0 Å². The van der Waals surface area contributed by atoms with E-state index in [-0.39, 0.29) is 22.9 Å². The van der Waals surface area contributed by atoms with Crippen LogP contribution in [0.25, 0.3) is 0 Å². The summed E-state index contributed by atoms with van der Waals surface area (Å²) in [5.74, 6) is -0.436. The summed E-state index contributed by atoms with van der Waals surface area (Å²) in [4.78, 5) is 35.0. The molecule has 20 heavy (non-hydrogen) atoms. The van der Waals surface area contributed by atoms with Crippen LogP contribution in [0.2, 0.25) is 0 Å². The van der Waals surface area contributed by atoms with Crippen molar-refractivity contribution in [3.63, 3.8) is 0 Å². The summed E-state index contributed by atoms with van der Waals surface area (Å²) in [5.41, 5.74) is 0. The molecule has 2 amide bonds. The minimum Gasteiger partial charge on any atom is -0.450 e. The number of alkyl halides is 1. The number of ketones is 1. The number of unbranched alkanes of at least 4 members (excludes halogenated alkanes) is 1. The van der Waals surface area contributed by atoms with Gasteiger partial charge < -0.3 is 15.4 Å². The van der Waals surface area contributed by atoms with Crippen molar-refractivity contribution in [2.24, 2.45) is 5.92 Å². The summed E-state index contributed by atoms with van der Waals surface area (Å²) in [6.07, 6.45) is 2.13. The van der Waals surface area contributed by atoms with Crippen molar-refractivity contribution in [3.8, 4) is 0 Å². The van der Waals surface area contributed by atoms with Gasteiger partial charge in [-0.15, -0.1) is 0 Å². The van der Waals surface area contributed by atoms with Gasteiger partial charge in [0.25, 0.3) is 0 Å². The molecular formula is C13H21BrN2O4. The standard InChI is InChI=1S/C13H21BrN2O4/c1-2-3-6-20-13(19)16-10(11(17)8-14)7-9-4-5-15-12(9)18/h9-10H,2-8H2,1H3,(H,15,18)(H,16,19)/t9-,10-/m0/s1. The molecule has 0 saturated carbocycles. The molecule has 1 aliphatic rings. The molecule has 1 heterocycles. The third kappa shape index (κ3) is 5.48. The van der Waals surface area contributed by atoms with Gasteiger partial charge in [-0.25, -0.2) is 4.79 Å². The van der Waals surface area contributed by atoms with E-state index in [0.29, 0.717) is 26.0 Å². The second kappa shape index (κ2) is 8.94. The quantitative estimate of drug-likeness (QED) is 0.512. The molecule has 2 atom stereocenters. The summed E-state index contributed by atoms with van der Waals surface area (Å²) in [7, 11) is 0. The highest BCUT2D eigenvalue weighted by molar-refractivity contribution is 9.09. The second-order valence-corrected chi connectivity index (χ2v) is 5.36. The van der Waals surface area contributed by atoms with Gasteiger partial charge in [-0.05, 0) is 19.3 Å². The number of halogens is 1. The molecule has 0 aromatic carbocycles. The van der Waals surface area contributed by atoms with Crippen LogP contribution in [0.4, 0.5) is 4.79 Å². The number of carbonyl (C=O) groups is 3. The third-order valence-electron chi connectivity index (χ3n) is 3.23. The van der Waals surface area contributed by atoms with Gasteiger partial charge in [0.05, 0.1) is 18.0 Å². The molecule has 2 N–H and O–H groups in total. The van der Waals surface area contributed by atoms with Crippen molar-refractivity contribution in [2.45, 2.75) is 38.6 Å². The first kappa shape index (κ1) is 16.9. The smallest absolute Gasteiger partial charge is 0.407 e. The molecule has 0 aromatic heterocycles. The number of hydrogen-bond donors (Lipinski definition) is 2. The van der Waals surface area contributed by atoms with Crippen molar-refractivity contribution in [1.29, 1.82) is 0 Å². The van der Waals surface area contributed by atoms with Gasteiger partial charge in [0.1, 0.15) is 0 Å². The largest absolute Gasteiger partial charge is 0.450 e. The van der Waals surface area contributed by atoms with Gasteiger partial charge in [0.2, 0.25) is 5.91 Å². The predicted molar refractivity (Wildman–Crippen MR) is 77.7 cm³/mol. The highest BCUT2D eigenvalue weighted by atomic mass is 79.9. The summed E-state index contributed by atoms with van der Waals surface area (Å²) in [6.45, 7) is 2.96. The highest BCUT2D eigenvalue weighted by Gasteiger charge is 2.31. The van der Waals surface area contributed by atoms with Crippen LogP contribution in [0.15, 0.2) is 0 Å². The molecule has 7 heteroatoms. The third-order valence-corrected chi connectivity index (χ3v) is 3.78. The Balaban J connectivity index is 2.49. The molecule has 1 fully saturated rings. The number of alkyl carbamates (subject to hydrolysis) is 1. The molecule has 0 radical (unpaired) electrons. The molecule has 114 valence electrons. The summed E-state index contributed by atoms with van der Waals surface area (Å²) in [6, 6.07) is -0.683. The number of Topliss-reactive ketones (excluding diaryl/α,β-unsaturated/α-hetero) is 1. The van der Waals surface area contributed by atoms with Gasteiger partial charge in [0, 0.05) is 12.5 Å². The normalized spacial score (nSPS) is 19.3. The first-order valence-corrected chi connectivity index (χ1v) is 8.00. The van der Waals surface area contributed by atoms with Crippen molar-refractivity contribution in [1.82, 2.24) is 10.6 Å². The van der Waals surface area contributed by atoms with Crippen LogP contribution in [0.5, 0.6) is 0 Å². The Morgan fingerprint density at radius 2 is 2.30 bits per heavy atom. The fourth-order valence-corrected chi connectivity index (χ4v) is 2.40. The average molecular weight is 349 g/mol. The number of hydrogen-bond acceptors (Lipinski definition) is 4. The van der Waals surface area contributed by atoms with Gasteiger partial charge in [-0.3, -0.25) is 9.59 Å². The Morgan fingerprint density at radius 3 is 2.85 bits per heavy atom. The van der Waals surface area contributed by atoms with E-state index < -0.39 is 12.1 Å². The van der Waals surface area contributed by atoms with Crippen molar-refractivity contribution >= 4 is 33.7 Å².